The lowest BCUT2D eigenvalue weighted by atomic mass is 10.1. The number of ether oxygens (including phenoxy) is 1. The second kappa shape index (κ2) is 7.82. The third-order valence-electron chi connectivity index (χ3n) is 2.22. The summed E-state index contributed by atoms with van der Waals surface area (Å²) in [5, 5.41) is 10.7. The number of carbonyl (C=O) groups is 2. The molecule has 0 aromatic heterocycles. The van der Waals surface area contributed by atoms with Crippen molar-refractivity contribution >= 4 is 11.9 Å². The maximum atomic E-state index is 13.2. The number of carbonyl (C=O) groups excluding carboxylic acids is 2. The third-order valence-corrected chi connectivity index (χ3v) is 2.22. The fraction of sp³-hybridized carbons (Fsp3) is 0.308. The van der Waals surface area contributed by atoms with E-state index in [1.54, 1.807) is 6.07 Å². The number of nitrogens with one attached hydrogen (secondary N) is 1. The predicted octanol–water partition coefficient (Wildman–Crippen LogP) is 0.941. The molecule has 6 heteroatoms. The van der Waals surface area contributed by atoms with Crippen LogP contribution in [0.2, 0.25) is 0 Å². The van der Waals surface area contributed by atoms with Crippen molar-refractivity contribution in [3.8, 4) is 6.07 Å². The molecule has 0 fully saturated rings. The van der Waals surface area contributed by atoms with Crippen LogP contribution in [0.1, 0.15) is 12.0 Å². The van der Waals surface area contributed by atoms with Crippen molar-refractivity contribution in [2.24, 2.45) is 0 Å². The number of rotatable bonds is 6. The van der Waals surface area contributed by atoms with E-state index in [1.165, 1.54) is 18.2 Å². The first-order valence-electron chi connectivity index (χ1n) is 5.66. The summed E-state index contributed by atoms with van der Waals surface area (Å²) < 4.78 is 17.9. The summed E-state index contributed by atoms with van der Waals surface area (Å²) >= 11 is 0. The molecule has 0 saturated carbocycles. The first-order valence-corrected chi connectivity index (χ1v) is 5.66. The maximum Gasteiger partial charge on any atom is 0.310 e. The lowest BCUT2D eigenvalue weighted by Crippen LogP contribution is -2.29. The van der Waals surface area contributed by atoms with Gasteiger partial charge in [0.05, 0.1) is 18.9 Å². The van der Waals surface area contributed by atoms with Crippen LogP contribution in [0, 0.1) is 17.1 Å². The zero-order chi connectivity index (χ0) is 14.1. The van der Waals surface area contributed by atoms with Crippen molar-refractivity contribution in [1.82, 2.24) is 5.32 Å². The van der Waals surface area contributed by atoms with Gasteiger partial charge in [-0.05, 0) is 11.6 Å². The summed E-state index contributed by atoms with van der Waals surface area (Å²) in [6.07, 6.45) is -0.0347. The minimum absolute atomic E-state index is 0.189. The molecule has 0 radical (unpaired) electrons. The molecule has 100 valence electrons. The van der Waals surface area contributed by atoms with Gasteiger partial charge in [0.2, 0.25) is 0 Å². The lowest BCUT2D eigenvalue weighted by molar-refractivity contribution is -0.147. The minimum Gasteiger partial charge on any atom is -0.455 e. The Kier molecular flexibility index (Phi) is 6.03. The Hall–Kier alpha value is -2.42. The van der Waals surface area contributed by atoms with E-state index >= 15 is 0 Å². The van der Waals surface area contributed by atoms with Crippen LogP contribution in [0.3, 0.4) is 0 Å². The lowest BCUT2D eigenvalue weighted by Gasteiger charge is -2.05. The molecular weight excluding hydrogens is 251 g/mol. The fourth-order valence-corrected chi connectivity index (χ4v) is 1.30. The number of hydrogen-bond donors (Lipinski definition) is 1. The fourth-order valence-electron chi connectivity index (χ4n) is 1.30. The van der Waals surface area contributed by atoms with Crippen molar-refractivity contribution in [2.75, 3.05) is 13.2 Å². The van der Waals surface area contributed by atoms with Gasteiger partial charge in [-0.15, -0.1) is 0 Å². The van der Waals surface area contributed by atoms with Crippen LogP contribution in [0.4, 0.5) is 4.39 Å². The van der Waals surface area contributed by atoms with Gasteiger partial charge in [0.15, 0.2) is 6.61 Å². The highest BCUT2D eigenvalue weighted by atomic mass is 19.1. The van der Waals surface area contributed by atoms with Crippen LogP contribution in [0.15, 0.2) is 24.3 Å². The molecule has 1 N–H and O–H groups in total. The molecule has 0 atom stereocenters. The van der Waals surface area contributed by atoms with Gasteiger partial charge in [0.25, 0.3) is 5.91 Å². The summed E-state index contributed by atoms with van der Waals surface area (Å²) in [5.74, 6) is -1.66. The molecule has 1 amide bonds. The third kappa shape index (κ3) is 5.64. The predicted molar refractivity (Wildman–Crippen MR) is 64.3 cm³/mol. The number of nitriles is 1. The van der Waals surface area contributed by atoms with E-state index in [0.29, 0.717) is 0 Å². The van der Waals surface area contributed by atoms with Gasteiger partial charge in [-0.2, -0.15) is 5.26 Å². The molecule has 0 unspecified atom stereocenters. The number of hydrogen-bond acceptors (Lipinski definition) is 4. The molecule has 1 rings (SSSR count). The largest absolute Gasteiger partial charge is 0.455 e. The number of nitrogens with zero attached hydrogens (tertiary/aromatic N) is 1. The van der Waals surface area contributed by atoms with E-state index in [4.69, 9.17) is 10.00 Å². The van der Waals surface area contributed by atoms with Crippen molar-refractivity contribution in [3.63, 3.8) is 0 Å². The molecule has 19 heavy (non-hydrogen) atoms. The Bertz CT molecular complexity index is 497. The van der Waals surface area contributed by atoms with E-state index in [-0.39, 0.29) is 24.9 Å². The zero-order valence-corrected chi connectivity index (χ0v) is 10.2. The second-order valence-electron chi connectivity index (χ2n) is 3.69. The van der Waals surface area contributed by atoms with Crippen LogP contribution in [0.25, 0.3) is 0 Å². The van der Waals surface area contributed by atoms with E-state index in [1.807, 2.05) is 6.07 Å². The van der Waals surface area contributed by atoms with E-state index < -0.39 is 24.3 Å². The summed E-state index contributed by atoms with van der Waals surface area (Å²) in [5.41, 5.74) is 0.220. The number of amides is 1. The molecule has 0 spiro atoms. The highest BCUT2D eigenvalue weighted by Crippen LogP contribution is 2.07. The van der Waals surface area contributed by atoms with Crippen LogP contribution >= 0.6 is 0 Å². The Morgan fingerprint density at radius 2 is 2.11 bits per heavy atom. The van der Waals surface area contributed by atoms with Gasteiger partial charge in [-0.3, -0.25) is 9.59 Å². The molecule has 0 aliphatic carbocycles. The summed E-state index contributed by atoms with van der Waals surface area (Å²) in [4.78, 5) is 22.5. The first-order chi connectivity index (χ1) is 9.13. The van der Waals surface area contributed by atoms with Gasteiger partial charge in [0.1, 0.15) is 5.82 Å². The quantitative estimate of drug-likeness (QED) is 0.612. The molecule has 1 aromatic carbocycles. The Labute approximate surface area is 110 Å². The number of esters is 1. The van der Waals surface area contributed by atoms with E-state index in [0.717, 1.165) is 0 Å². The molecular formula is C13H13FN2O3. The first kappa shape index (κ1) is 14.6. The zero-order valence-electron chi connectivity index (χ0n) is 10.2. The second-order valence-corrected chi connectivity index (χ2v) is 3.69. The highest BCUT2D eigenvalue weighted by Gasteiger charge is 2.10. The van der Waals surface area contributed by atoms with E-state index in [2.05, 4.69) is 5.32 Å². The van der Waals surface area contributed by atoms with Crippen molar-refractivity contribution in [3.05, 3.63) is 35.6 Å². The average molecular weight is 264 g/mol. The summed E-state index contributed by atoms with van der Waals surface area (Å²) in [7, 11) is 0. The normalized spacial score (nSPS) is 9.47. The van der Waals surface area contributed by atoms with Gasteiger partial charge < -0.3 is 10.1 Å². The Morgan fingerprint density at radius 3 is 2.79 bits per heavy atom. The average Bonchev–Trinajstić information content (AvgIpc) is 2.39. The van der Waals surface area contributed by atoms with Crippen molar-refractivity contribution < 1.29 is 18.7 Å². The molecule has 0 heterocycles. The summed E-state index contributed by atoms with van der Waals surface area (Å²) in [6.45, 7) is -0.223. The van der Waals surface area contributed by atoms with Gasteiger partial charge in [0, 0.05) is 6.54 Å². The van der Waals surface area contributed by atoms with Crippen LogP contribution in [-0.2, 0) is 20.7 Å². The van der Waals surface area contributed by atoms with Gasteiger partial charge in [-0.1, -0.05) is 18.2 Å². The topological polar surface area (TPSA) is 79.2 Å². The maximum absolute atomic E-state index is 13.2. The van der Waals surface area contributed by atoms with E-state index in [9.17, 15) is 14.0 Å². The van der Waals surface area contributed by atoms with Gasteiger partial charge >= 0.3 is 5.97 Å². The van der Waals surface area contributed by atoms with Crippen LogP contribution in [0.5, 0.6) is 0 Å². The molecule has 0 aliphatic rings. The molecule has 0 saturated heterocycles. The smallest absolute Gasteiger partial charge is 0.310 e. The minimum atomic E-state index is -0.680. The number of halogens is 1. The van der Waals surface area contributed by atoms with Crippen LogP contribution in [-0.4, -0.2) is 25.0 Å². The Morgan fingerprint density at radius 1 is 1.37 bits per heavy atom. The van der Waals surface area contributed by atoms with Gasteiger partial charge in [-0.25, -0.2) is 4.39 Å². The monoisotopic (exact) mass is 264 g/mol. The van der Waals surface area contributed by atoms with Crippen LogP contribution < -0.4 is 5.32 Å². The van der Waals surface area contributed by atoms with Crippen molar-refractivity contribution in [1.29, 1.82) is 5.26 Å². The molecule has 0 bridgehead atoms. The highest BCUT2D eigenvalue weighted by molar-refractivity contribution is 5.81. The molecule has 5 nitrogen and oxygen atoms in total. The van der Waals surface area contributed by atoms with Crippen molar-refractivity contribution in [2.45, 2.75) is 12.8 Å². The molecule has 0 aliphatic heterocycles. The Balaban J connectivity index is 2.31. The SMILES string of the molecule is N#CCCNC(=O)COC(=O)Cc1ccccc1F. The standard InChI is InChI=1S/C13H13FN2O3/c14-11-5-2-1-4-10(11)8-13(18)19-9-12(17)16-7-3-6-15/h1-2,4-5H,3,7-9H2,(H,16,17). The number of benzene rings is 1. The summed E-state index contributed by atoms with van der Waals surface area (Å²) in [6, 6.07) is 7.72. The molecule has 1 aromatic rings.